The normalized spacial score (nSPS) is 11.6. The van der Waals surface area contributed by atoms with E-state index in [9.17, 15) is 9.59 Å². The largest absolute Gasteiger partial charge is 0.497 e. The Morgan fingerprint density at radius 2 is 2.00 bits per heavy atom. The Balaban J connectivity index is 1.95. The predicted molar refractivity (Wildman–Crippen MR) is 84.2 cm³/mol. The summed E-state index contributed by atoms with van der Waals surface area (Å²) in [6, 6.07) is 6.40. The highest BCUT2D eigenvalue weighted by Crippen LogP contribution is 2.19. The van der Waals surface area contributed by atoms with E-state index in [1.165, 1.54) is 0 Å². The highest BCUT2D eigenvalue weighted by molar-refractivity contribution is 5.84. The maximum absolute atomic E-state index is 11.9. The van der Waals surface area contributed by atoms with Gasteiger partial charge in [0.05, 0.1) is 13.7 Å². The zero-order chi connectivity index (χ0) is 17.5. The van der Waals surface area contributed by atoms with E-state index in [1.807, 2.05) is 0 Å². The molecule has 1 unspecified atom stereocenters. The zero-order valence-corrected chi connectivity index (χ0v) is 13.7. The first-order valence-electron chi connectivity index (χ1n) is 7.46. The highest BCUT2D eigenvalue weighted by Gasteiger charge is 2.19. The molecule has 0 fully saturated rings. The average Bonchev–Trinajstić information content (AvgIpc) is 3.03. The quantitative estimate of drug-likeness (QED) is 0.763. The van der Waals surface area contributed by atoms with Gasteiger partial charge >= 0.3 is 5.97 Å². The minimum absolute atomic E-state index is 0.118. The van der Waals surface area contributed by atoms with Crippen LogP contribution in [0.5, 0.6) is 5.75 Å². The number of benzene rings is 1. The van der Waals surface area contributed by atoms with Crippen molar-refractivity contribution in [1.82, 2.24) is 15.5 Å². The van der Waals surface area contributed by atoms with Crippen molar-refractivity contribution in [3.05, 3.63) is 30.2 Å². The molecule has 0 spiro atoms. The average molecular weight is 333 g/mol. The van der Waals surface area contributed by atoms with Crippen molar-refractivity contribution in [2.75, 3.05) is 13.7 Å². The summed E-state index contributed by atoms with van der Waals surface area (Å²) < 4.78 is 15.0. The fourth-order valence-corrected chi connectivity index (χ4v) is 1.94. The minimum atomic E-state index is -0.735. The van der Waals surface area contributed by atoms with E-state index in [-0.39, 0.29) is 18.9 Å². The van der Waals surface area contributed by atoms with Gasteiger partial charge in [0.25, 0.3) is 0 Å². The van der Waals surface area contributed by atoms with Gasteiger partial charge in [-0.1, -0.05) is 5.16 Å². The second-order valence-electron chi connectivity index (χ2n) is 4.96. The molecule has 0 bridgehead atoms. The molecule has 8 nitrogen and oxygen atoms in total. The Bertz CT molecular complexity index is 696. The van der Waals surface area contributed by atoms with Crippen LogP contribution >= 0.6 is 0 Å². The number of nitrogens with one attached hydrogen (secondary N) is 1. The third kappa shape index (κ3) is 4.55. The monoisotopic (exact) mass is 333 g/mol. The van der Waals surface area contributed by atoms with Crippen LogP contribution in [0.1, 0.15) is 19.7 Å². The molecule has 8 heteroatoms. The Labute approximate surface area is 139 Å². The van der Waals surface area contributed by atoms with Crippen molar-refractivity contribution in [1.29, 1.82) is 0 Å². The van der Waals surface area contributed by atoms with Gasteiger partial charge in [0.15, 0.2) is 0 Å². The van der Waals surface area contributed by atoms with Crippen LogP contribution in [0.2, 0.25) is 0 Å². The zero-order valence-electron chi connectivity index (χ0n) is 13.7. The Kier molecular flexibility index (Phi) is 5.89. The molecule has 0 aliphatic carbocycles. The summed E-state index contributed by atoms with van der Waals surface area (Å²) in [6.45, 7) is 3.51. The molecule has 0 radical (unpaired) electrons. The number of ether oxygens (including phenoxy) is 2. The third-order valence-corrected chi connectivity index (χ3v) is 3.15. The van der Waals surface area contributed by atoms with Crippen LogP contribution in [0.25, 0.3) is 11.4 Å². The van der Waals surface area contributed by atoms with Gasteiger partial charge in [-0.25, -0.2) is 4.79 Å². The number of hydrogen-bond acceptors (Lipinski definition) is 7. The fraction of sp³-hybridized carbons (Fsp3) is 0.375. The molecular formula is C16H19N3O5. The number of esters is 1. The SMILES string of the molecule is CCOC(=O)C(C)NC(=O)Cc1nc(-c2ccc(OC)cc2)no1. The van der Waals surface area contributed by atoms with Crippen LogP contribution in [-0.2, 0) is 20.7 Å². The molecule has 1 heterocycles. The van der Waals surface area contributed by atoms with Gasteiger partial charge in [-0.2, -0.15) is 4.98 Å². The number of carbonyl (C=O) groups is 2. The molecule has 0 saturated heterocycles. The fourth-order valence-electron chi connectivity index (χ4n) is 1.94. The van der Waals surface area contributed by atoms with Gasteiger partial charge in [0, 0.05) is 5.56 Å². The van der Waals surface area contributed by atoms with Gasteiger partial charge < -0.3 is 19.3 Å². The lowest BCUT2D eigenvalue weighted by Crippen LogP contribution is -2.40. The summed E-state index contributed by atoms with van der Waals surface area (Å²) >= 11 is 0. The molecule has 1 atom stereocenters. The summed E-state index contributed by atoms with van der Waals surface area (Å²) in [5.74, 6) is 0.360. The Hall–Kier alpha value is -2.90. The summed E-state index contributed by atoms with van der Waals surface area (Å²) in [4.78, 5) is 27.5. The maximum atomic E-state index is 11.9. The van der Waals surface area contributed by atoms with Crippen molar-refractivity contribution in [3.8, 4) is 17.1 Å². The Morgan fingerprint density at radius 1 is 1.29 bits per heavy atom. The predicted octanol–water partition coefficient (Wildman–Crippen LogP) is 1.36. The number of hydrogen-bond donors (Lipinski definition) is 1. The van der Waals surface area contributed by atoms with Gasteiger partial charge in [0.1, 0.15) is 18.2 Å². The molecule has 2 aromatic rings. The van der Waals surface area contributed by atoms with Crippen LogP contribution in [0.15, 0.2) is 28.8 Å². The second-order valence-corrected chi connectivity index (χ2v) is 4.96. The van der Waals surface area contributed by atoms with Crippen LogP contribution in [0.3, 0.4) is 0 Å². The minimum Gasteiger partial charge on any atom is -0.497 e. The van der Waals surface area contributed by atoms with Crippen molar-refractivity contribution >= 4 is 11.9 Å². The van der Waals surface area contributed by atoms with Crippen molar-refractivity contribution in [2.24, 2.45) is 0 Å². The van der Waals surface area contributed by atoms with E-state index in [1.54, 1.807) is 45.2 Å². The van der Waals surface area contributed by atoms with Crippen LogP contribution in [0.4, 0.5) is 0 Å². The number of nitrogens with zero attached hydrogens (tertiary/aromatic N) is 2. The van der Waals surface area contributed by atoms with Gasteiger partial charge in [-0.05, 0) is 38.1 Å². The standard InChI is InChI=1S/C16H19N3O5/c1-4-23-16(21)10(2)17-13(20)9-14-18-15(19-24-14)11-5-7-12(22-3)8-6-11/h5-8,10H,4,9H2,1-3H3,(H,17,20). The summed E-state index contributed by atoms with van der Waals surface area (Å²) in [5.41, 5.74) is 0.742. The summed E-state index contributed by atoms with van der Waals surface area (Å²) in [5, 5.41) is 6.36. The van der Waals surface area contributed by atoms with E-state index < -0.39 is 17.9 Å². The number of carbonyl (C=O) groups excluding carboxylic acids is 2. The van der Waals surface area contributed by atoms with Gasteiger partial charge in [0.2, 0.25) is 17.6 Å². The molecule has 2 rings (SSSR count). The molecule has 1 N–H and O–H groups in total. The summed E-state index contributed by atoms with van der Waals surface area (Å²) in [7, 11) is 1.58. The smallest absolute Gasteiger partial charge is 0.328 e. The van der Waals surface area contributed by atoms with Crippen molar-refractivity contribution < 1.29 is 23.6 Å². The first-order valence-corrected chi connectivity index (χ1v) is 7.46. The van der Waals surface area contributed by atoms with E-state index in [0.717, 1.165) is 11.3 Å². The number of aromatic nitrogens is 2. The first-order chi connectivity index (χ1) is 11.5. The molecule has 0 aliphatic rings. The molecule has 1 amide bonds. The number of amides is 1. The third-order valence-electron chi connectivity index (χ3n) is 3.15. The molecule has 1 aromatic heterocycles. The molecule has 0 aliphatic heterocycles. The van der Waals surface area contributed by atoms with E-state index in [4.69, 9.17) is 14.0 Å². The summed E-state index contributed by atoms with van der Waals surface area (Å²) in [6.07, 6.45) is -0.118. The number of methoxy groups -OCH3 is 1. The molecular weight excluding hydrogens is 314 g/mol. The maximum Gasteiger partial charge on any atom is 0.328 e. The molecule has 1 aromatic carbocycles. The lowest BCUT2D eigenvalue weighted by molar-refractivity contribution is -0.146. The van der Waals surface area contributed by atoms with Crippen LogP contribution in [-0.4, -0.2) is 41.8 Å². The Morgan fingerprint density at radius 3 is 2.62 bits per heavy atom. The lowest BCUT2D eigenvalue weighted by Gasteiger charge is -2.11. The van der Waals surface area contributed by atoms with Gasteiger partial charge in [-0.15, -0.1) is 0 Å². The van der Waals surface area contributed by atoms with E-state index in [2.05, 4.69) is 15.5 Å². The molecule has 128 valence electrons. The van der Waals surface area contributed by atoms with Gasteiger partial charge in [-0.3, -0.25) is 4.79 Å². The lowest BCUT2D eigenvalue weighted by atomic mass is 10.2. The molecule has 0 saturated carbocycles. The second kappa shape index (κ2) is 8.09. The van der Waals surface area contributed by atoms with Crippen molar-refractivity contribution in [2.45, 2.75) is 26.3 Å². The highest BCUT2D eigenvalue weighted by atomic mass is 16.5. The number of rotatable bonds is 7. The van der Waals surface area contributed by atoms with E-state index >= 15 is 0 Å². The van der Waals surface area contributed by atoms with E-state index in [0.29, 0.717) is 5.82 Å². The van der Waals surface area contributed by atoms with Crippen LogP contribution < -0.4 is 10.1 Å². The molecule has 24 heavy (non-hydrogen) atoms. The topological polar surface area (TPSA) is 104 Å². The van der Waals surface area contributed by atoms with Crippen LogP contribution in [0, 0.1) is 0 Å². The first kappa shape index (κ1) is 17.5. The van der Waals surface area contributed by atoms with Crippen molar-refractivity contribution in [3.63, 3.8) is 0 Å².